The number of carbonyl (C=O) groups is 1. The van der Waals surface area contributed by atoms with Gasteiger partial charge in [0.15, 0.2) is 0 Å². The third-order valence-electron chi connectivity index (χ3n) is 4.70. The van der Waals surface area contributed by atoms with Gasteiger partial charge in [-0.3, -0.25) is 4.79 Å². The maximum Gasteiger partial charge on any atom is 0.222 e. The van der Waals surface area contributed by atoms with Gasteiger partial charge >= 0.3 is 0 Å². The minimum Gasteiger partial charge on any atom is -0.497 e. The van der Waals surface area contributed by atoms with E-state index in [4.69, 9.17) is 10.5 Å². The number of amides is 1. The molecule has 1 aliphatic carbocycles. The van der Waals surface area contributed by atoms with Crippen LogP contribution in [0.4, 0.5) is 0 Å². The van der Waals surface area contributed by atoms with Gasteiger partial charge in [0.1, 0.15) is 5.75 Å². The van der Waals surface area contributed by atoms with Gasteiger partial charge in [-0.1, -0.05) is 12.1 Å². The number of methoxy groups -OCH3 is 1. The molecule has 22 heavy (non-hydrogen) atoms. The van der Waals surface area contributed by atoms with Crippen LogP contribution in [-0.4, -0.2) is 37.0 Å². The van der Waals surface area contributed by atoms with Gasteiger partial charge in [0.2, 0.25) is 5.91 Å². The van der Waals surface area contributed by atoms with Crippen molar-refractivity contribution in [3.05, 3.63) is 29.8 Å². The second-order valence-electron chi connectivity index (χ2n) is 6.27. The van der Waals surface area contributed by atoms with Crippen molar-refractivity contribution in [1.29, 1.82) is 0 Å². The van der Waals surface area contributed by atoms with Crippen molar-refractivity contribution in [1.82, 2.24) is 4.90 Å². The van der Waals surface area contributed by atoms with Crippen molar-refractivity contribution in [2.45, 2.75) is 57.0 Å². The van der Waals surface area contributed by atoms with Crippen molar-refractivity contribution < 1.29 is 9.53 Å². The molecule has 0 saturated heterocycles. The summed E-state index contributed by atoms with van der Waals surface area (Å²) in [6.07, 6.45) is 6.60. The molecule has 4 heteroatoms. The number of hydrogen-bond donors (Lipinski definition) is 1. The lowest BCUT2D eigenvalue weighted by Gasteiger charge is -2.33. The smallest absolute Gasteiger partial charge is 0.222 e. The van der Waals surface area contributed by atoms with Crippen LogP contribution < -0.4 is 10.5 Å². The zero-order chi connectivity index (χ0) is 15.9. The molecule has 4 nitrogen and oxygen atoms in total. The number of carbonyl (C=O) groups excluding carboxylic acids is 1. The molecule has 0 radical (unpaired) electrons. The third-order valence-corrected chi connectivity index (χ3v) is 4.70. The maximum atomic E-state index is 12.3. The van der Waals surface area contributed by atoms with E-state index in [-0.39, 0.29) is 5.91 Å². The highest BCUT2D eigenvalue weighted by Crippen LogP contribution is 2.22. The molecule has 1 fully saturated rings. The van der Waals surface area contributed by atoms with Crippen LogP contribution in [0.2, 0.25) is 0 Å². The summed E-state index contributed by atoms with van der Waals surface area (Å²) in [5, 5.41) is 0. The average Bonchev–Trinajstić information content (AvgIpc) is 2.55. The van der Waals surface area contributed by atoms with Crippen molar-refractivity contribution in [2.75, 3.05) is 14.2 Å². The van der Waals surface area contributed by atoms with Gasteiger partial charge in [-0.05, 0) is 56.2 Å². The van der Waals surface area contributed by atoms with Crippen LogP contribution in [0.1, 0.15) is 44.1 Å². The number of hydrogen-bond acceptors (Lipinski definition) is 3. The Bertz CT molecular complexity index is 464. The monoisotopic (exact) mass is 304 g/mol. The number of nitrogens with zero attached hydrogens (tertiary/aromatic N) is 1. The molecule has 122 valence electrons. The number of nitrogens with two attached hydrogens (primary N) is 1. The van der Waals surface area contributed by atoms with Crippen LogP contribution in [-0.2, 0) is 11.2 Å². The predicted octanol–water partition coefficient (Wildman–Crippen LogP) is 2.75. The Morgan fingerprint density at radius 3 is 2.45 bits per heavy atom. The summed E-state index contributed by atoms with van der Waals surface area (Å²) in [5.74, 6) is 1.13. The Labute approximate surface area is 133 Å². The highest BCUT2D eigenvalue weighted by molar-refractivity contribution is 5.76. The van der Waals surface area contributed by atoms with Crippen LogP contribution >= 0.6 is 0 Å². The van der Waals surface area contributed by atoms with Crippen LogP contribution in [0.5, 0.6) is 5.75 Å². The zero-order valence-corrected chi connectivity index (χ0v) is 13.8. The maximum absolute atomic E-state index is 12.3. The van der Waals surface area contributed by atoms with Gasteiger partial charge in [0.25, 0.3) is 0 Å². The SMILES string of the molecule is COc1ccc(CCCC(=O)N(C)C2CCC(N)CC2)cc1. The molecule has 1 amide bonds. The summed E-state index contributed by atoms with van der Waals surface area (Å²) in [6, 6.07) is 8.77. The van der Waals surface area contributed by atoms with Crippen LogP contribution in [0, 0.1) is 0 Å². The summed E-state index contributed by atoms with van der Waals surface area (Å²) >= 11 is 0. The number of benzene rings is 1. The molecule has 0 aliphatic heterocycles. The Morgan fingerprint density at radius 1 is 1.23 bits per heavy atom. The van der Waals surface area contributed by atoms with Gasteiger partial charge < -0.3 is 15.4 Å². The topological polar surface area (TPSA) is 55.6 Å². The fourth-order valence-electron chi connectivity index (χ4n) is 3.10. The molecular weight excluding hydrogens is 276 g/mol. The van der Waals surface area contributed by atoms with Crippen molar-refractivity contribution in [2.24, 2.45) is 5.73 Å². The minimum absolute atomic E-state index is 0.258. The molecule has 1 aromatic rings. The standard InChI is InChI=1S/C18H28N2O2/c1-20(16-10-8-15(19)9-11-16)18(21)5-3-4-14-6-12-17(22-2)13-7-14/h6-7,12-13,15-16H,3-5,8-11,19H2,1-2H3. The predicted molar refractivity (Wildman–Crippen MR) is 88.9 cm³/mol. The lowest BCUT2D eigenvalue weighted by molar-refractivity contribution is -0.132. The summed E-state index contributed by atoms with van der Waals surface area (Å²) < 4.78 is 5.15. The Balaban J connectivity index is 1.72. The summed E-state index contributed by atoms with van der Waals surface area (Å²) in [6.45, 7) is 0. The van der Waals surface area contributed by atoms with E-state index in [1.165, 1.54) is 5.56 Å². The Kier molecular flexibility index (Phi) is 6.25. The van der Waals surface area contributed by atoms with Gasteiger partial charge in [-0.25, -0.2) is 0 Å². The van der Waals surface area contributed by atoms with E-state index in [9.17, 15) is 4.79 Å². The second-order valence-corrected chi connectivity index (χ2v) is 6.27. The average molecular weight is 304 g/mol. The quantitative estimate of drug-likeness (QED) is 0.879. The molecule has 0 bridgehead atoms. The summed E-state index contributed by atoms with van der Waals surface area (Å²) in [5.41, 5.74) is 7.18. The molecular formula is C18H28N2O2. The van der Waals surface area contributed by atoms with Crippen molar-refractivity contribution >= 4 is 5.91 Å². The first-order chi connectivity index (χ1) is 10.6. The third kappa shape index (κ3) is 4.73. The molecule has 0 heterocycles. The van der Waals surface area contributed by atoms with Gasteiger partial charge in [0.05, 0.1) is 7.11 Å². The van der Waals surface area contributed by atoms with Gasteiger partial charge in [-0.15, -0.1) is 0 Å². The fraction of sp³-hybridized carbons (Fsp3) is 0.611. The molecule has 2 rings (SSSR count). The molecule has 0 atom stereocenters. The molecule has 0 spiro atoms. The highest BCUT2D eigenvalue weighted by Gasteiger charge is 2.24. The molecule has 1 saturated carbocycles. The first-order valence-electron chi connectivity index (χ1n) is 8.24. The normalized spacial score (nSPS) is 21.4. The second kappa shape index (κ2) is 8.18. The molecule has 1 aliphatic rings. The van der Waals surface area contributed by atoms with E-state index in [0.717, 1.165) is 44.3 Å². The largest absolute Gasteiger partial charge is 0.497 e. The Morgan fingerprint density at radius 2 is 1.86 bits per heavy atom. The van der Waals surface area contributed by atoms with E-state index in [1.54, 1.807) is 7.11 Å². The number of ether oxygens (including phenoxy) is 1. The zero-order valence-electron chi connectivity index (χ0n) is 13.8. The van der Waals surface area contributed by atoms with Gasteiger partial charge in [0, 0.05) is 25.6 Å². The minimum atomic E-state index is 0.258. The first-order valence-corrected chi connectivity index (χ1v) is 8.24. The van der Waals surface area contributed by atoms with E-state index >= 15 is 0 Å². The highest BCUT2D eigenvalue weighted by atomic mass is 16.5. The van der Waals surface area contributed by atoms with Crippen molar-refractivity contribution in [3.8, 4) is 5.75 Å². The number of rotatable bonds is 6. The number of aryl methyl sites for hydroxylation is 1. The first kappa shape index (κ1) is 16.8. The fourth-order valence-corrected chi connectivity index (χ4v) is 3.10. The molecule has 0 aromatic heterocycles. The van der Waals surface area contributed by atoms with Crippen LogP contribution in [0.15, 0.2) is 24.3 Å². The molecule has 0 unspecified atom stereocenters. The van der Waals surface area contributed by atoms with E-state index in [0.29, 0.717) is 18.5 Å². The molecule has 1 aromatic carbocycles. The summed E-state index contributed by atoms with van der Waals surface area (Å²) in [4.78, 5) is 14.2. The lowest BCUT2D eigenvalue weighted by atomic mass is 9.91. The Hall–Kier alpha value is -1.55. The van der Waals surface area contributed by atoms with E-state index in [1.807, 2.05) is 24.1 Å². The van der Waals surface area contributed by atoms with E-state index < -0.39 is 0 Å². The van der Waals surface area contributed by atoms with E-state index in [2.05, 4.69) is 12.1 Å². The molecule has 2 N–H and O–H groups in total. The van der Waals surface area contributed by atoms with Crippen LogP contribution in [0.3, 0.4) is 0 Å². The lowest BCUT2D eigenvalue weighted by Crippen LogP contribution is -2.41. The summed E-state index contributed by atoms with van der Waals surface area (Å²) in [7, 11) is 3.61. The van der Waals surface area contributed by atoms with Gasteiger partial charge in [-0.2, -0.15) is 0 Å². The van der Waals surface area contributed by atoms with Crippen LogP contribution in [0.25, 0.3) is 0 Å². The van der Waals surface area contributed by atoms with Crippen molar-refractivity contribution in [3.63, 3.8) is 0 Å².